The lowest BCUT2D eigenvalue weighted by Crippen LogP contribution is -2.39. The van der Waals surface area contributed by atoms with Crippen LogP contribution in [-0.2, 0) is 20.0 Å². The fourth-order valence-electron chi connectivity index (χ4n) is 3.15. The number of hydrogen-bond acceptors (Lipinski definition) is 3. The van der Waals surface area contributed by atoms with Gasteiger partial charge in [0.2, 0.25) is 0 Å². The third kappa shape index (κ3) is 3.49. The molecule has 0 aliphatic carbocycles. The normalized spacial score (nSPS) is 20.4. The highest BCUT2D eigenvalue weighted by atomic mass is 32.1. The van der Waals surface area contributed by atoms with E-state index >= 15 is 0 Å². The molecule has 1 saturated heterocycles. The van der Waals surface area contributed by atoms with Gasteiger partial charge in [-0.2, -0.15) is 5.10 Å². The standard InChI is InChI=1S/C16H23N3S/c1-18-12-14(11-17-18)13-19-9-3-2-5-15(19)7-8-16-6-4-10-20-16/h4,6,10-12,15H,2-3,5,7-9,13H2,1H3. The second-order valence-corrected chi connectivity index (χ2v) is 6.79. The van der Waals surface area contributed by atoms with Gasteiger partial charge < -0.3 is 0 Å². The number of aromatic nitrogens is 2. The highest BCUT2D eigenvalue weighted by molar-refractivity contribution is 7.09. The molecule has 0 bridgehead atoms. The summed E-state index contributed by atoms with van der Waals surface area (Å²) < 4.78 is 1.90. The molecule has 3 rings (SSSR count). The highest BCUT2D eigenvalue weighted by Crippen LogP contribution is 2.24. The van der Waals surface area contributed by atoms with Gasteiger partial charge in [0.15, 0.2) is 0 Å². The zero-order valence-corrected chi connectivity index (χ0v) is 13.0. The number of hydrogen-bond donors (Lipinski definition) is 0. The third-order valence-corrected chi connectivity index (χ3v) is 5.13. The first kappa shape index (κ1) is 13.8. The van der Waals surface area contributed by atoms with E-state index in [2.05, 4.69) is 33.7 Å². The van der Waals surface area contributed by atoms with E-state index < -0.39 is 0 Å². The summed E-state index contributed by atoms with van der Waals surface area (Å²) in [6.45, 7) is 2.30. The first-order chi connectivity index (χ1) is 9.81. The van der Waals surface area contributed by atoms with Crippen molar-refractivity contribution in [3.63, 3.8) is 0 Å². The van der Waals surface area contributed by atoms with Crippen LogP contribution >= 0.6 is 11.3 Å². The van der Waals surface area contributed by atoms with Crippen molar-refractivity contribution in [2.24, 2.45) is 7.05 Å². The molecule has 108 valence electrons. The second-order valence-electron chi connectivity index (χ2n) is 5.76. The number of likely N-dealkylation sites (tertiary alicyclic amines) is 1. The quantitative estimate of drug-likeness (QED) is 0.840. The van der Waals surface area contributed by atoms with Crippen molar-refractivity contribution in [3.8, 4) is 0 Å². The zero-order valence-electron chi connectivity index (χ0n) is 12.2. The minimum atomic E-state index is 0.742. The van der Waals surface area contributed by atoms with Crippen molar-refractivity contribution in [1.82, 2.24) is 14.7 Å². The molecule has 1 atom stereocenters. The van der Waals surface area contributed by atoms with E-state index in [1.165, 1.54) is 49.1 Å². The minimum Gasteiger partial charge on any atom is -0.296 e. The Balaban J connectivity index is 1.58. The van der Waals surface area contributed by atoms with E-state index in [0.717, 1.165) is 12.6 Å². The summed E-state index contributed by atoms with van der Waals surface area (Å²) in [5, 5.41) is 6.47. The van der Waals surface area contributed by atoms with E-state index in [0.29, 0.717) is 0 Å². The molecule has 3 heterocycles. The monoisotopic (exact) mass is 289 g/mol. The topological polar surface area (TPSA) is 21.1 Å². The molecule has 0 amide bonds. The van der Waals surface area contributed by atoms with Gasteiger partial charge >= 0.3 is 0 Å². The first-order valence-electron chi connectivity index (χ1n) is 7.55. The summed E-state index contributed by atoms with van der Waals surface area (Å²) in [5.41, 5.74) is 1.34. The molecule has 1 aliphatic rings. The molecule has 1 unspecified atom stereocenters. The Bertz CT molecular complexity index is 518. The predicted molar refractivity (Wildman–Crippen MR) is 83.9 cm³/mol. The van der Waals surface area contributed by atoms with Crippen molar-refractivity contribution in [3.05, 3.63) is 40.3 Å². The number of rotatable bonds is 5. The van der Waals surface area contributed by atoms with Crippen LogP contribution in [-0.4, -0.2) is 27.3 Å². The maximum Gasteiger partial charge on any atom is 0.0534 e. The number of piperidine rings is 1. The SMILES string of the molecule is Cn1cc(CN2CCCCC2CCc2cccs2)cn1. The average Bonchev–Trinajstić information content (AvgIpc) is 3.10. The summed E-state index contributed by atoms with van der Waals surface area (Å²) in [4.78, 5) is 4.19. The molecule has 0 saturated carbocycles. The van der Waals surface area contributed by atoms with Crippen LogP contribution in [0.15, 0.2) is 29.9 Å². The maximum absolute atomic E-state index is 4.29. The van der Waals surface area contributed by atoms with Crippen LogP contribution in [0.2, 0.25) is 0 Å². The van der Waals surface area contributed by atoms with Gasteiger partial charge in [-0.15, -0.1) is 11.3 Å². The Labute approximate surface area is 125 Å². The van der Waals surface area contributed by atoms with Crippen LogP contribution in [0.4, 0.5) is 0 Å². The van der Waals surface area contributed by atoms with Gasteiger partial charge in [0.25, 0.3) is 0 Å². The molecular formula is C16H23N3S. The Morgan fingerprint density at radius 2 is 2.35 bits per heavy atom. The lowest BCUT2D eigenvalue weighted by atomic mass is 9.97. The molecule has 0 N–H and O–H groups in total. The summed E-state index contributed by atoms with van der Waals surface area (Å²) in [7, 11) is 1.99. The van der Waals surface area contributed by atoms with Gasteiger partial charge in [-0.3, -0.25) is 9.58 Å². The molecule has 0 spiro atoms. The molecule has 1 aliphatic heterocycles. The van der Waals surface area contributed by atoms with Gasteiger partial charge in [0.1, 0.15) is 0 Å². The molecule has 1 fully saturated rings. The van der Waals surface area contributed by atoms with Gasteiger partial charge in [-0.1, -0.05) is 12.5 Å². The second kappa shape index (κ2) is 6.55. The summed E-state index contributed by atoms with van der Waals surface area (Å²) >= 11 is 1.89. The van der Waals surface area contributed by atoms with Crippen molar-refractivity contribution in [2.75, 3.05) is 6.54 Å². The van der Waals surface area contributed by atoms with Crippen molar-refractivity contribution >= 4 is 11.3 Å². The van der Waals surface area contributed by atoms with Crippen LogP contribution in [0.5, 0.6) is 0 Å². The maximum atomic E-state index is 4.29. The van der Waals surface area contributed by atoms with E-state index in [1.807, 2.05) is 29.3 Å². The molecule has 20 heavy (non-hydrogen) atoms. The molecule has 4 heteroatoms. The van der Waals surface area contributed by atoms with E-state index in [9.17, 15) is 0 Å². The number of thiophene rings is 1. The van der Waals surface area contributed by atoms with Gasteiger partial charge in [0.05, 0.1) is 6.20 Å². The van der Waals surface area contributed by atoms with Gasteiger partial charge in [0, 0.05) is 36.3 Å². The molecule has 2 aromatic rings. The largest absolute Gasteiger partial charge is 0.296 e. The molecule has 2 aromatic heterocycles. The van der Waals surface area contributed by atoms with Gasteiger partial charge in [-0.05, 0) is 43.7 Å². The lowest BCUT2D eigenvalue weighted by Gasteiger charge is -2.35. The zero-order chi connectivity index (χ0) is 13.8. The molecule has 0 aromatic carbocycles. The number of aryl methyl sites for hydroxylation is 2. The molecule has 3 nitrogen and oxygen atoms in total. The fraction of sp³-hybridized carbons (Fsp3) is 0.562. The Morgan fingerprint density at radius 1 is 1.40 bits per heavy atom. The van der Waals surface area contributed by atoms with E-state index in [4.69, 9.17) is 0 Å². The lowest BCUT2D eigenvalue weighted by molar-refractivity contribution is 0.132. The average molecular weight is 289 g/mol. The summed E-state index contributed by atoms with van der Waals surface area (Å²) in [6.07, 6.45) is 10.8. The Hall–Kier alpha value is -1.13. The smallest absolute Gasteiger partial charge is 0.0534 e. The minimum absolute atomic E-state index is 0.742. The highest BCUT2D eigenvalue weighted by Gasteiger charge is 2.22. The van der Waals surface area contributed by atoms with Crippen molar-refractivity contribution in [1.29, 1.82) is 0 Å². The summed E-state index contributed by atoms with van der Waals surface area (Å²) in [5.74, 6) is 0. The summed E-state index contributed by atoms with van der Waals surface area (Å²) in [6, 6.07) is 5.17. The van der Waals surface area contributed by atoms with Crippen LogP contribution in [0.1, 0.15) is 36.1 Å². The molecule has 0 radical (unpaired) electrons. The van der Waals surface area contributed by atoms with Crippen LogP contribution < -0.4 is 0 Å². The van der Waals surface area contributed by atoms with Gasteiger partial charge in [-0.25, -0.2) is 0 Å². The van der Waals surface area contributed by atoms with Crippen molar-refractivity contribution in [2.45, 2.75) is 44.7 Å². The van der Waals surface area contributed by atoms with Crippen LogP contribution in [0, 0.1) is 0 Å². The van der Waals surface area contributed by atoms with Crippen LogP contribution in [0.3, 0.4) is 0 Å². The van der Waals surface area contributed by atoms with Crippen molar-refractivity contribution < 1.29 is 0 Å². The predicted octanol–water partition coefficient (Wildman–Crippen LogP) is 3.47. The van der Waals surface area contributed by atoms with E-state index in [1.54, 1.807) is 0 Å². The van der Waals surface area contributed by atoms with Crippen LogP contribution in [0.25, 0.3) is 0 Å². The fourth-order valence-corrected chi connectivity index (χ4v) is 3.87. The number of nitrogens with zero attached hydrogens (tertiary/aromatic N) is 3. The third-order valence-electron chi connectivity index (χ3n) is 4.20. The van der Waals surface area contributed by atoms with E-state index in [-0.39, 0.29) is 0 Å². The Kier molecular flexibility index (Phi) is 4.53. The first-order valence-corrected chi connectivity index (χ1v) is 8.43. The Morgan fingerprint density at radius 3 is 3.10 bits per heavy atom. The molecular weight excluding hydrogens is 266 g/mol.